The number of rotatable bonds is 8. The molecule has 1 aromatic carbocycles. The molecule has 0 N–H and O–H groups in total. The normalized spacial score (nSPS) is 23.4. The largest absolute Gasteiger partial charge is 0.342 e. The lowest BCUT2D eigenvalue weighted by atomic mass is 9.71. The third kappa shape index (κ3) is 7.50. The van der Waals surface area contributed by atoms with Gasteiger partial charge in [-0.2, -0.15) is 0 Å². The number of nitrogens with zero attached hydrogens (tertiary/aromatic N) is 4. The lowest BCUT2D eigenvalue weighted by Crippen LogP contribution is -2.50. The van der Waals surface area contributed by atoms with Crippen LogP contribution < -0.4 is 0 Å². The van der Waals surface area contributed by atoms with Crippen LogP contribution in [0.15, 0.2) is 29.8 Å². The average molecular weight is 550 g/mol. The van der Waals surface area contributed by atoms with E-state index in [2.05, 4.69) is 15.9 Å². The van der Waals surface area contributed by atoms with Gasteiger partial charge < -0.3 is 14.7 Å². The number of piperidine rings is 1. The highest BCUT2D eigenvalue weighted by molar-refractivity contribution is 6.42. The van der Waals surface area contributed by atoms with Crippen LogP contribution in [0.3, 0.4) is 0 Å². The van der Waals surface area contributed by atoms with Gasteiger partial charge in [0.15, 0.2) is 0 Å². The Labute approximate surface area is 232 Å². The van der Waals surface area contributed by atoms with Gasteiger partial charge in [0, 0.05) is 63.8 Å². The third-order valence-electron chi connectivity index (χ3n) is 8.24. The molecule has 1 aromatic rings. The zero-order valence-corrected chi connectivity index (χ0v) is 24.0. The van der Waals surface area contributed by atoms with Crippen molar-refractivity contribution in [1.29, 1.82) is 0 Å². The number of carbonyl (C=O) groups excluding carboxylic acids is 2. The van der Waals surface area contributed by atoms with E-state index in [1.54, 1.807) is 6.08 Å². The molecule has 1 unspecified atom stereocenters. The Balaban J connectivity index is 1.35. The molecule has 3 aliphatic heterocycles. The first-order valence-corrected chi connectivity index (χ1v) is 14.6. The number of halogens is 2. The first-order valence-electron chi connectivity index (χ1n) is 13.9. The van der Waals surface area contributed by atoms with Gasteiger partial charge in [-0.25, -0.2) is 0 Å². The Morgan fingerprint density at radius 2 is 1.57 bits per heavy atom. The van der Waals surface area contributed by atoms with Gasteiger partial charge in [-0.05, 0) is 76.6 Å². The molecule has 37 heavy (non-hydrogen) atoms. The van der Waals surface area contributed by atoms with Crippen LogP contribution in [0, 0.1) is 0 Å². The van der Waals surface area contributed by atoms with Crippen LogP contribution in [0.1, 0.15) is 57.9 Å². The number of hydrogen-bond donors (Lipinski definition) is 0. The molecule has 0 bridgehead atoms. The molecule has 3 aliphatic rings. The van der Waals surface area contributed by atoms with Crippen LogP contribution in [0.5, 0.6) is 0 Å². The number of benzene rings is 1. The number of allylic oxidation sites excluding steroid dienone is 1. The molecule has 2 amide bonds. The second kappa shape index (κ2) is 13.0. The minimum absolute atomic E-state index is 0.101. The SMILES string of the molecule is CC(C)=CC(=O)N1CCCC(CCCN2CCN(CC(=O)N3CCCC3)CC2)(c2ccc(Cl)c(Cl)c2)C1. The minimum Gasteiger partial charge on any atom is -0.342 e. The number of carbonyl (C=O) groups is 2. The summed E-state index contributed by atoms with van der Waals surface area (Å²) in [5, 5.41) is 1.14. The van der Waals surface area contributed by atoms with Gasteiger partial charge >= 0.3 is 0 Å². The standard InChI is InChI=1S/C29H42Cl2N4O2/c1-23(2)19-27(36)35-14-6-10-29(22-35,24-7-8-25(30)26(31)20-24)9-5-11-32-15-17-33(18-16-32)21-28(37)34-12-3-4-13-34/h7-8,19-20H,3-6,9-18,21-22H2,1-2H3. The van der Waals surface area contributed by atoms with Gasteiger partial charge in [0.05, 0.1) is 16.6 Å². The van der Waals surface area contributed by atoms with E-state index in [4.69, 9.17) is 23.2 Å². The van der Waals surface area contributed by atoms with Crippen molar-refractivity contribution in [2.45, 2.75) is 57.8 Å². The van der Waals surface area contributed by atoms with Crippen molar-refractivity contribution in [2.24, 2.45) is 0 Å². The van der Waals surface area contributed by atoms with Crippen LogP contribution in [0.2, 0.25) is 10.0 Å². The van der Waals surface area contributed by atoms with E-state index in [1.165, 1.54) is 5.56 Å². The Hall–Kier alpha value is -1.60. The number of piperazine rings is 1. The Kier molecular flexibility index (Phi) is 9.96. The Bertz CT molecular complexity index is 982. The molecule has 3 saturated heterocycles. The summed E-state index contributed by atoms with van der Waals surface area (Å²) in [6.45, 7) is 12.8. The van der Waals surface area contributed by atoms with Gasteiger partial charge in [-0.15, -0.1) is 0 Å². The summed E-state index contributed by atoms with van der Waals surface area (Å²) in [6.07, 6.45) is 8.10. The predicted molar refractivity (Wildman–Crippen MR) is 151 cm³/mol. The Morgan fingerprint density at radius 3 is 2.24 bits per heavy atom. The average Bonchev–Trinajstić information content (AvgIpc) is 3.42. The fraction of sp³-hybridized carbons (Fsp3) is 0.655. The molecule has 3 heterocycles. The summed E-state index contributed by atoms with van der Waals surface area (Å²) in [4.78, 5) is 34.3. The van der Waals surface area contributed by atoms with Crippen molar-refractivity contribution in [2.75, 3.05) is 65.4 Å². The highest BCUT2D eigenvalue weighted by atomic mass is 35.5. The van der Waals surface area contributed by atoms with Crippen LogP contribution in [0.4, 0.5) is 0 Å². The molecule has 204 valence electrons. The number of likely N-dealkylation sites (tertiary alicyclic amines) is 2. The first-order chi connectivity index (χ1) is 17.8. The van der Waals surface area contributed by atoms with E-state index < -0.39 is 0 Å². The van der Waals surface area contributed by atoms with Crippen LogP contribution in [0.25, 0.3) is 0 Å². The maximum absolute atomic E-state index is 12.9. The van der Waals surface area contributed by atoms with E-state index in [1.807, 2.05) is 35.8 Å². The second-order valence-corrected chi connectivity index (χ2v) is 12.1. The molecule has 0 spiro atoms. The van der Waals surface area contributed by atoms with Crippen molar-refractivity contribution in [3.05, 3.63) is 45.5 Å². The maximum Gasteiger partial charge on any atom is 0.246 e. The molecule has 0 aliphatic carbocycles. The smallest absolute Gasteiger partial charge is 0.246 e. The van der Waals surface area contributed by atoms with Crippen molar-refractivity contribution >= 4 is 35.0 Å². The number of amides is 2. The zero-order valence-electron chi connectivity index (χ0n) is 22.5. The van der Waals surface area contributed by atoms with E-state index in [0.717, 1.165) is 96.5 Å². The van der Waals surface area contributed by atoms with Gasteiger partial charge in [0.2, 0.25) is 11.8 Å². The summed E-state index contributed by atoms with van der Waals surface area (Å²) in [5.74, 6) is 0.391. The molecule has 3 fully saturated rings. The molecule has 0 radical (unpaired) electrons. The molecular formula is C29H42Cl2N4O2. The van der Waals surface area contributed by atoms with Crippen molar-refractivity contribution in [1.82, 2.24) is 19.6 Å². The minimum atomic E-state index is -0.123. The van der Waals surface area contributed by atoms with Gasteiger partial charge in [0.25, 0.3) is 0 Å². The predicted octanol–water partition coefficient (Wildman–Crippen LogP) is 4.84. The summed E-state index contributed by atoms with van der Waals surface area (Å²) in [7, 11) is 0. The second-order valence-electron chi connectivity index (χ2n) is 11.3. The maximum atomic E-state index is 12.9. The number of hydrogen-bond acceptors (Lipinski definition) is 4. The van der Waals surface area contributed by atoms with E-state index in [9.17, 15) is 9.59 Å². The summed E-state index contributed by atoms with van der Waals surface area (Å²) in [5.41, 5.74) is 2.08. The lowest BCUT2D eigenvalue weighted by Gasteiger charge is -2.44. The van der Waals surface area contributed by atoms with Gasteiger partial charge in [0.1, 0.15) is 0 Å². The van der Waals surface area contributed by atoms with Gasteiger partial charge in [-0.1, -0.05) is 34.8 Å². The fourth-order valence-electron chi connectivity index (χ4n) is 6.14. The highest BCUT2D eigenvalue weighted by Crippen LogP contribution is 2.40. The summed E-state index contributed by atoms with van der Waals surface area (Å²) in [6, 6.07) is 5.99. The molecule has 1 atom stereocenters. The molecule has 0 saturated carbocycles. The van der Waals surface area contributed by atoms with Crippen LogP contribution in [-0.4, -0.2) is 96.9 Å². The van der Waals surface area contributed by atoms with E-state index >= 15 is 0 Å². The first kappa shape index (κ1) is 28.4. The molecule has 4 rings (SSSR count). The van der Waals surface area contributed by atoms with Crippen molar-refractivity contribution in [3.63, 3.8) is 0 Å². The van der Waals surface area contributed by atoms with Gasteiger partial charge in [-0.3, -0.25) is 14.5 Å². The Morgan fingerprint density at radius 1 is 0.892 bits per heavy atom. The van der Waals surface area contributed by atoms with E-state index in [-0.39, 0.29) is 11.3 Å². The topological polar surface area (TPSA) is 47.1 Å². The molecule has 8 heteroatoms. The third-order valence-corrected chi connectivity index (χ3v) is 8.98. The van der Waals surface area contributed by atoms with E-state index in [0.29, 0.717) is 29.0 Å². The zero-order chi connectivity index (χ0) is 26.4. The van der Waals surface area contributed by atoms with Crippen molar-refractivity contribution in [3.8, 4) is 0 Å². The monoisotopic (exact) mass is 548 g/mol. The molecule has 0 aromatic heterocycles. The molecular weight excluding hydrogens is 507 g/mol. The summed E-state index contributed by atoms with van der Waals surface area (Å²) < 4.78 is 0. The quantitative estimate of drug-likeness (QED) is 0.436. The fourth-order valence-corrected chi connectivity index (χ4v) is 6.44. The summed E-state index contributed by atoms with van der Waals surface area (Å²) >= 11 is 12.7. The van der Waals surface area contributed by atoms with Crippen molar-refractivity contribution < 1.29 is 9.59 Å². The van der Waals surface area contributed by atoms with Crippen LogP contribution >= 0.6 is 23.2 Å². The highest BCUT2D eigenvalue weighted by Gasteiger charge is 2.38. The molecule has 6 nitrogen and oxygen atoms in total. The lowest BCUT2D eigenvalue weighted by molar-refractivity contribution is -0.131. The van der Waals surface area contributed by atoms with Crippen LogP contribution in [-0.2, 0) is 15.0 Å².